The Kier molecular flexibility index (Phi) is 12.6. The van der Waals surface area contributed by atoms with Gasteiger partial charge >= 0.3 is 0 Å². The van der Waals surface area contributed by atoms with Crippen LogP contribution in [0.4, 0.5) is 0 Å². The van der Waals surface area contributed by atoms with E-state index in [0.717, 1.165) is 25.1 Å². The number of halogens is 1. The third-order valence-electron chi connectivity index (χ3n) is 4.48. The largest absolute Gasteiger partial charge is 0.492 e. The van der Waals surface area contributed by atoms with E-state index >= 15 is 0 Å². The number of hydrogen-bond acceptors (Lipinski definition) is 4. The van der Waals surface area contributed by atoms with Crippen LogP contribution in [0.2, 0.25) is 0 Å². The van der Waals surface area contributed by atoms with Crippen LogP contribution in [-0.4, -0.2) is 39.5 Å². The molecule has 0 amide bonds. The zero-order valence-corrected chi connectivity index (χ0v) is 18.0. The standard InChI is InChI=1S/C23H33NO3.ClH/c1-4-23(27-17-16-25-3)21-10-12-22(13-11-21)26-15-14-24-19(2)18-20-8-6-5-7-9-20;/h5-13,19,23-24H,4,14-18H2,1-3H3;1H. The summed E-state index contributed by atoms with van der Waals surface area (Å²) in [5.41, 5.74) is 2.53. The quantitative estimate of drug-likeness (QED) is 0.483. The van der Waals surface area contributed by atoms with Crippen LogP contribution in [0.5, 0.6) is 5.75 Å². The molecule has 0 bridgehead atoms. The van der Waals surface area contributed by atoms with Crippen LogP contribution in [0.1, 0.15) is 37.5 Å². The van der Waals surface area contributed by atoms with Gasteiger partial charge in [-0.15, -0.1) is 12.4 Å². The molecule has 0 aliphatic heterocycles. The minimum Gasteiger partial charge on any atom is -0.492 e. The molecule has 0 fully saturated rings. The number of hydrogen-bond donors (Lipinski definition) is 1. The third-order valence-corrected chi connectivity index (χ3v) is 4.48. The normalized spacial score (nSPS) is 12.8. The van der Waals surface area contributed by atoms with Crippen molar-refractivity contribution in [3.63, 3.8) is 0 Å². The average molecular weight is 408 g/mol. The van der Waals surface area contributed by atoms with E-state index in [0.29, 0.717) is 25.9 Å². The summed E-state index contributed by atoms with van der Waals surface area (Å²) in [6.07, 6.45) is 2.07. The van der Waals surface area contributed by atoms with E-state index in [-0.39, 0.29) is 18.5 Å². The van der Waals surface area contributed by atoms with Gasteiger partial charge in [-0.05, 0) is 43.0 Å². The Morgan fingerprint density at radius 3 is 2.29 bits per heavy atom. The molecule has 0 saturated heterocycles. The van der Waals surface area contributed by atoms with Gasteiger partial charge in [0.15, 0.2) is 0 Å². The third kappa shape index (κ3) is 9.07. The zero-order chi connectivity index (χ0) is 19.3. The van der Waals surface area contributed by atoms with Gasteiger partial charge in [0.05, 0.1) is 19.3 Å². The second kappa shape index (κ2) is 14.4. The van der Waals surface area contributed by atoms with E-state index in [2.05, 4.69) is 61.6 Å². The Morgan fingerprint density at radius 2 is 1.64 bits per heavy atom. The highest BCUT2D eigenvalue weighted by molar-refractivity contribution is 5.85. The fraction of sp³-hybridized carbons (Fsp3) is 0.478. The first-order valence-corrected chi connectivity index (χ1v) is 9.83. The highest BCUT2D eigenvalue weighted by atomic mass is 35.5. The van der Waals surface area contributed by atoms with Crippen molar-refractivity contribution in [2.45, 2.75) is 38.8 Å². The molecule has 0 radical (unpaired) electrons. The summed E-state index contributed by atoms with van der Waals surface area (Å²) in [6, 6.07) is 19.2. The Balaban J connectivity index is 0.00000392. The molecule has 2 rings (SSSR count). The molecule has 28 heavy (non-hydrogen) atoms. The van der Waals surface area contributed by atoms with Gasteiger partial charge in [0.2, 0.25) is 0 Å². The zero-order valence-electron chi connectivity index (χ0n) is 17.2. The van der Waals surface area contributed by atoms with Gasteiger partial charge in [-0.2, -0.15) is 0 Å². The fourth-order valence-electron chi connectivity index (χ4n) is 3.02. The molecule has 0 saturated carbocycles. The molecular weight excluding hydrogens is 374 g/mol. The smallest absolute Gasteiger partial charge is 0.119 e. The molecule has 2 aromatic rings. The second-order valence-corrected chi connectivity index (χ2v) is 6.72. The van der Waals surface area contributed by atoms with E-state index < -0.39 is 0 Å². The van der Waals surface area contributed by atoms with Crippen LogP contribution >= 0.6 is 12.4 Å². The van der Waals surface area contributed by atoms with Gasteiger partial charge < -0.3 is 19.5 Å². The molecule has 1 N–H and O–H groups in total. The van der Waals surface area contributed by atoms with Crippen molar-refractivity contribution in [2.24, 2.45) is 0 Å². The monoisotopic (exact) mass is 407 g/mol. The maximum atomic E-state index is 5.86. The summed E-state index contributed by atoms with van der Waals surface area (Å²) in [7, 11) is 1.69. The SMILES string of the molecule is CCC(OCCOC)c1ccc(OCCNC(C)Cc2ccccc2)cc1.Cl. The predicted octanol–water partition coefficient (Wildman–Crippen LogP) is 4.82. The highest BCUT2D eigenvalue weighted by Crippen LogP contribution is 2.23. The first-order chi connectivity index (χ1) is 13.2. The number of benzene rings is 2. The Labute approximate surface area is 176 Å². The van der Waals surface area contributed by atoms with Gasteiger partial charge in [-0.3, -0.25) is 0 Å². The Bertz CT molecular complexity index is 622. The molecule has 2 atom stereocenters. The van der Waals surface area contributed by atoms with Crippen molar-refractivity contribution in [1.82, 2.24) is 5.32 Å². The van der Waals surface area contributed by atoms with Crippen molar-refractivity contribution in [3.05, 3.63) is 65.7 Å². The van der Waals surface area contributed by atoms with Gasteiger partial charge in [0.25, 0.3) is 0 Å². The molecular formula is C23H34ClNO3. The fourth-order valence-corrected chi connectivity index (χ4v) is 3.02. The molecule has 0 spiro atoms. The van der Waals surface area contributed by atoms with E-state index in [1.165, 1.54) is 11.1 Å². The molecule has 0 heterocycles. The second-order valence-electron chi connectivity index (χ2n) is 6.72. The van der Waals surface area contributed by atoms with Gasteiger partial charge in [-0.1, -0.05) is 49.4 Å². The van der Waals surface area contributed by atoms with Crippen LogP contribution in [0.3, 0.4) is 0 Å². The number of rotatable bonds is 13. The molecule has 2 unspecified atom stereocenters. The lowest BCUT2D eigenvalue weighted by molar-refractivity contribution is 0.0144. The van der Waals surface area contributed by atoms with Crippen molar-refractivity contribution in [2.75, 3.05) is 33.5 Å². The maximum Gasteiger partial charge on any atom is 0.119 e. The van der Waals surface area contributed by atoms with Crippen LogP contribution in [-0.2, 0) is 15.9 Å². The Morgan fingerprint density at radius 1 is 0.929 bits per heavy atom. The molecule has 0 aromatic heterocycles. The predicted molar refractivity (Wildman–Crippen MR) is 118 cm³/mol. The molecule has 156 valence electrons. The van der Waals surface area contributed by atoms with Crippen LogP contribution < -0.4 is 10.1 Å². The minimum absolute atomic E-state index is 0. The molecule has 2 aromatic carbocycles. The number of methoxy groups -OCH3 is 1. The number of ether oxygens (including phenoxy) is 3. The summed E-state index contributed by atoms with van der Waals surface area (Å²) < 4.78 is 16.8. The van der Waals surface area contributed by atoms with Gasteiger partial charge in [0.1, 0.15) is 12.4 Å². The summed E-state index contributed by atoms with van der Waals surface area (Å²) in [5, 5.41) is 3.51. The number of nitrogens with one attached hydrogen (secondary N) is 1. The van der Waals surface area contributed by atoms with E-state index in [1.54, 1.807) is 7.11 Å². The molecule has 5 heteroatoms. The van der Waals surface area contributed by atoms with Gasteiger partial charge in [-0.25, -0.2) is 0 Å². The van der Waals surface area contributed by atoms with Crippen molar-refractivity contribution in [1.29, 1.82) is 0 Å². The molecule has 0 aliphatic carbocycles. The van der Waals surface area contributed by atoms with Crippen LogP contribution in [0.15, 0.2) is 54.6 Å². The summed E-state index contributed by atoms with van der Waals surface area (Å²) in [5.74, 6) is 0.892. The van der Waals surface area contributed by atoms with Crippen molar-refractivity contribution in [3.8, 4) is 5.75 Å². The Hall–Kier alpha value is -1.59. The van der Waals surface area contributed by atoms with Crippen LogP contribution in [0.25, 0.3) is 0 Å². The van der Waals surface area contributed by atoms with Crippen molar-refractivity contribution < 1.29 is 14.2 Å². The minimum atomic E-state index is 0. The maximum absolute atomic E-state index is 5.86. The van der Waals surface area contributed by atoms with Crippen LogP contribution in [0, 0.1) is 0 Å². The average Bonchev–Trinajstić information content (AvgIpc) is 2.70. The first kappa shape index (κ1) is 24.4. The topological polar surface area (TPSA) is 39.7 Å². The van der Waals surface area contributed by atoms with E-state index in [9.17, 15) is 0 Å². The first-order valence-electron chi connectivity index (χ1n) is 9.83. The van der Waals surface area contributed by atoms with Crippen molar-refractivity contribution >= 4 is 12.4 Å². The van der Waals surface area contributed by atoms with Gasteiger partial charge in [0, 0.05) is 19.7 Å². The lowest BCUT2D eigenvalue weighted by Gasteiger charge is -2.17. The summed E-state index contributed by atoms with van der Waals surface area (Å²) in [6.45, 7) is 7.04. The lowest BCUT2D eigenvalue weighted by Crippen LogP contribution is -2.31. The summed E-state index contributed by atoms with van der Waals surface area (Å²) >= 11 is 0. The van der Waals surface area contributed by atoms with E-state index in [4.69, 9.17) is 14.2 Å². The molecule has 4 nitrogen and oxygen atoms in total. The lowest BCUT2D eigenvalue weighted by atomic mass is 10.1. The highest BCUT2D eigenvalue weighted by Gasteiger charge is 2.09. The molecule has 0 aliphatic rings. The van der Waals surface area contributed by atoms with E-state index in [1.807, 2.05) is 12.1 Å². The summed E-state index contributed by atoms with van der Waals surface area (Å²) in [4.78, 5) is 0.